The van der Waals surface area contributed by atoms with Crippen LogP contribution in [0.1, 0.15) is 68.2 Å². The van der Waals surface area contributed by atoms with Crippen molar-refractivity contribution in [1.29, 1.82) is 0 Å². The Morgan fingerprint density at radius 1 is 0.958 bits per heavy atom. The number of hydrogen-bond donors (Lipinski definition) is 3. The zero-order valence-corrected chi connectivity index (χ0v) is 28.7. The Kier molecular flexibility index (Phi) is 10.8. The first-order valence-corrected chi connectivity index (χ1v) is 16.3. The lowest BCUT2D eigenvalue weighted by Crippen LogP contribution is -2.75. The summed E-state index contributed by atoms with van der Waals surface area (Å²) in [5.74, 6) is -6.55. The second-order valence-electron chi connectivity index (χ2n) is 14.4. The fraction of sp³-hybridized carbons (Fsp3) is 0.735. The first-order chi connectivity index (χ1) is 22.3. The van der Waals surface area contributed by atoms with Crippen LogP contribution in [-0.4, -0.2) is 106 Å². The summed E-state index contributed by atoms with van der Waals surface area (Å²) in [5.41, 5.74) is -5.69. The van der Waals surface area contributed by atoms with Gasteiger partial charge in [-0.05, 0) is 36.5 Å². The van der Waals surface area contributed by atoms with Crippen molar-refractivity contribution in [3.8, 4) is 0 Å². The number of fused-ring (bicyclic) bond motifs is 3. The van der Waals surface area contributed by atoms with Crippen molar-refractivity contribution in [3.63, 3.8) is 0 Å². The van der Waals surface area contributed by atoms with Gasteiger partial charge in [-0.25, -0.2) is 0 Å². The molecule has 4 aliphatic rings. The van der Waals surface area contributed by atoms with Crippen LogP contribution in [0.5, 0.6) is 0 Å². The summed E-state index contributed by atoms with van der Waals surface area (Å²) in [6.45, 7) is 11.8. The third kappa shape index (κ3) is 6.89. The molecule has 0 radical (unpaired) electrons. The van der Waals surface area contributed by atoms with Crippen LogP contribution in [0.2, 0.25) is 0 Å². The predicted molar refractivity (Wildman–Crippen MR) is 164 cm³/mol. The van der Waals surface area contributed by atoms with E-state index in [0.29, 0.717) is 0 Å². The minimum absolute atomic E-state index is 0.00482. The molecule has 11 unspecified atom stereocenters. The van der Waals surface area contributed by atoms with E-state index in [1.807, 2.05) is 13.8 Å². The van der Waals surface area contributed by atoms with Crippen LogP contribution in [-0.2, 0) is 52.4 Å². The predicted octanol–water partition coefficient (Wildman–Crippen LogP) is 1.31. The molecule has 14 heteroatoms. The van der Waals surface area contributed by atoms with E-state index in [1.165, 1.54) is 32.1 Å². The van der Waals surface area contributed by atoms with Crippen molar-refractivity contribution < 1.29 is 67.7 Å². The van der Waals surface area contributed by atoms with E-state index in [9.17, 15) is 39.3 Å². The molecule has 11 atom stereocenters. The van der Waals surface area contributed by atoms with E-state index in [-0.39, 0.29) is 43.5 Å². The number of carbonyl (C=O) groups is 5. The van der Waals surface area contributed by atoms with Crippen molar-refractivity contribution in [1.82, 2.24) is 0 Å². The van der Waals surface area contributed by atoms with E-state index in [2.05, 4.69) is 0 Å². The molecule has 1 saturated carbocycles. The number of epoxide rings is 1. The average molecular weight is 681 g/mol. The van der Waals surface area contributed by atoms with Crippen LogP contribution in [0.15, 0.2) is 23.8 Å². The standard InChI is InChI=1S/C34H48O14/c1-16(2)11-24(37)43-14-21-9-10-22(45-19(6)35)32(8)27(30(46-20(7)36)34(42)18(5)31(41)47-23(34)13-21)33(15-44-33)29(40)26(28(32)39)48-25(38)12-17(3)4/h9-10,13,16-18,22-23,26-30,39-40,42H,11-12,14-15H2,1-8H3. The van der Waals surface area contributed by atoms with Crippen LogP contribution >= 0.6 is 0 Å². The fourth-order valence-corrected chi connectivity index (χ4v) is 7.33. The normalized spacial score (nSPS) is 38.8. The Hall–Kier alpha value is -3.33. The summed E-state index contributed by atoms with van der Waals surface area (Å²) >= 11 is 0. The molecule has 3 fully saturated rings. The lowest BCUT2D eigenvalue weighted by molar-refractivity contribution is -0.273. The molecule has 2 saturated heterocycles. The quantitative estimate of drug-likeness (QED) is 0.179. The summed E-state index contributed by atoms with van der Waals surface area (Å²) < 4.78 is 34.3. The Bertz CT molecular complexity index is 1350. The van der Waals surface area contributed by atoms with Gasteiger partial charge in [-0.3, -0.25) is 24.0 Å². The highest BCUT2D eigenvalue weighted by Gasteiger charge is 2.79. The lowest BCUT2D eigenvalue weighted by atomic mass is 9.51. The molecule has 48 heavy (non-hydrogen) atoms. The largest absolute Gasteiger partial charge is 0.461 e. The second kappa shape index (κ2) is 13.9. The van der Waals surface area contributed by atoms with Gasteiger partial charge in [-0.2, -0.15) is 0 Å². The van der Waals surface area contributed by atoms with Crippen LogP contribution in [0.3, 0.4) is 0 Å². The maximum absolute atomic E-state index is 13.2. The van der Waals surface area contributed by atoms with E-state index in [4.69, 9.17) is 28.4 Å². The maximum atomic E-state index is 13.2. The SMILES string of the molecule is CC(=O)OC1C=CC(COC(=O)CC(C)C)=CC2OC(=O)C(C)C2(O)C(OC(C)=O)C2C3(CO3)C(O)C(OC(=O)CC(C)C)C(O)C12C. The molecule has 0 bridgehead atoms. The van der Waals surface area contributed by atoms with Gasteiger partial charge in [0.2, 0.25) is 0 Å². The topological polar surface area (TPSA) is 205 Å². The van der Waals surface area contributed by atoms with Crippen LogP contribution in [0, 0.1) is 29.1 Å². The third-order valence-corrected chi connectivity index (χ3v) is 9.81. The minimum atomic E-state index is -2.35. The third-order valence-electron chi connectivity index (χ3n) is 9.81. The molecule has 14 nitrogen and oxygen atoms in total. The molecule has 0 aromatic rings. The molecule has 0 aromatic heterocycles. The Morgan fingerprint density at radius 3 is 2.08 bits per heavy atom. The molecule has 2 aliphatic carbocycles. The van der Waals surface area contributed by atoms with Crippen molar-refractivity contribution in [3.05, 3.63) is 23.8 Å². The molecule has 268 valence electrons. The van der Waals surface area contributed by atoms with Crippen LogP contribution < -0.4 is 0 Å². The van der Waals surface area contributed by atoms with Gasteiger partial charge in [0.15, 0.2) is 17.8 Å². The smallest absolute Gasteiger partial charge is 0.312 e. The van der Waals surface area contributed by atoms with Gasteiger partial charge in [0.25, 0.3) is 0 Å². The van der Waals surface area contributed by atoms with Gasteiger partial charge in [0.05, 0.1) is 12.5 Å². The first kappa shape index (κ1) is 37.5. The number of esters is 5. The van der Waals surface area contributed by atoms with Gasteiger partial charge < -0.3 is 43.7 Å². The Labute approximate surface area is 279 Å². The zero-order chi connectivity index (χ0) is 35.9. The number of carbonyl (C=O) groups excluding carboxylic acids is 5. The van der Waals surface area contributed by atoms with Gasteiger partial charge >= 0.3 is 29.8 Å². The minimum Gasteiger partial charge on any atom is -0.461 e. The molecule has 1 spiro atoms. The van der Waals surface area contributed by atoms with Crippen LogP contribution in [0.4, 0.5) is 0 Å². The Balaban J connectivity index is 1.97. The molecule has 3 N–H and O–H groups in total. The van der Waals surface area contributed by atoms with E-state index in [1.54, 1.807) is 13.8 Å². The molecular weight excluding hydrogens is 632 g/mol. The lowest BCUT2D eigenvalue weighted by Gasteiger charge is -2.58. The van der Waals surface area contributed by atoms with Gasteiger partial charge in [0, 0.05) is 38.0 Å². The fourth-order valence-electron chi connectivity index (χ4n) is 7.33. The number of aliphatic hydroxyl groups is 3. The summed E-state index contributed by atoms with van der Waals surface area (Å²) in [7, 11) is 0. The van der Waals surface area contributed by atoms with Crippen molar-refractivity contribution in [2.24, 2.45) is 29.1 Å². The average Bonchev–Trinajstić information content (AvgIpc) is 3.73. The van der Waals surface area contributed by atoms with Gasteiger partial charge in [-0.15, -0.1) is 0 Å². The number of hydrogen-bond acceptors (Lipinski definition) is 14. The summed E-state index contributed by atoms with van der Waals surface area (Å²) in [6, 6.07) is 0. The van der Waals surface area contributed by atoms with Crippen LogP contribution in [0.25, 0.3) is 0 Å². The summed E-state index contributed by atoms with van der Waals surface area (Å²) in [4.78, 5) is 64.0. The van der Waals surface area contributed by atoms with Crippen molar-refractivity contribution in [2.75, 3.05) is 13.2 Å². The molecule has 0 amide bonds. The summed E-state index contributed by atoms with van der Waals surface area (Å²) in [6.07, 6.45) is -5.45. The van der Waals surface area contributed by atoms with E-state index < -0.39 is 94.9 Å². The molecule has 0 aromatic carbocycles. The molecular formula is C34H48O14. The molecule has 2 aliphatic heterocycles. The maximum Gasteiger partial charge on any atom is 0.312 e. The number of aliphatic hydroxyl groups excluding tert-OH is 2. The molecule has 4 rings (SSSR count). The first-order valence-electron chi connectivity index (χ1n) is 16.3. The highest BCUT2D eigenvalue weighted by molar-refractivity contribution is 5.78. The zero-order valence-electron chi connectivity index (χ0n) is 28.7. The van der Waals surface area contributed by atoms with E-state index in [0.717, 1.165) is 13.8 Å². The van der Waals surface area contributed by atoms with Crippen molar-refractivity contribution in [2.45, 2.75) is 116 Å². The highest BCUT2D eigenvalue weighted by atomic mass is 16.6. The number of rotatable bonds is 9. The van der Waals surface area contributed by atoms with E-state index >= 15 is 0 Å². The second-order valence-corrected chi connectivity index (χ2v) is 14.4. The van der Waals surface area contributed by atoms with Crippen molar-refractivity contribution >= 4 is 29.8 Å². The molecule has 2 heterocycles. The Morgan fingerprint density at radius 2 is 1.54 bits per heavy atom. The number of ether oxygens (including phenoxy) is 6. The summed E-state index contributed by atoms with van der Waals surface area (Å²) in [5, 5.41) is 36.6. The van der Waals surface area contributed by atoms with Gasteiger partial charge in [-0.1, -0.05) is 40.7 Å². The van der Waals surface area contributed by atoms with Gasteiger partial charge in [0.1, 0.15) is 36.6 Å². The highest BCUT2D eigenvalue weighted by Crippen LogP contribution is 2.62. The monoisotopic (exact) mass is 680 g/mol.